The van der Waals surface area contributed by atoms with Crippen LogP contribution in [0.3, 0.4) is 0 Å². The van der Waals surface area contributed by atoms with Crippen molar-refractivity contribution in [1.82, 2.24) is 0 Å². The van der Waals surface area contributed by atoms with Crippen molar-refractivity contribution >= 4 is 0 Å². The van der Waals surface area contributed by atoms with E-state index in [9.17, 15) is 5.11 Å². The summed E-state index contributed by atoms with van der Waals surface area (Å²) in [5.74, 6) is 0. The van der Waals surface area contributed by atoms with Crippen molar-refractivity contribution in [3.63, 3.8) is 0 Å². The minimum Gasteiger partial charge on any atom is -0.389 e. The number of aryl methyl sites for hydroxylation is 2. The zero-order chi connectivity index (χ0) is 12.3. The molecule has 1 fully saturated rings. The van der Waals surface area contributed by atoms with E-state index in [2.05, 4.69) is 32.0 Å². The molecule has 2 rings (SSSR count). The van der Waals surface area contributed by atoms with Gasteiger partial charge in [-0.2, -0.15) is 0 Å². The molecule has 0 saturated carbocycles. The van der Waals surface area contributed by atoms with Crippen molar-refractivity contribution in [3.05, 3.63) is 34.9 Å². The van der Waals surface area contributed by atoms with E-state index in [1.807, 2.05) is 0 Å². The first-order valence-electron chi connectivity index (χ1n) is 6.46. The third kappa shape index (κ3) is 3.08. The van der Waals surface area contributed by atoms with E-state index in [-0.39, 0.29) is 0 Å². The second-order valence-electron chi connectivity index (χ2n) is 5.24. The fraction of sp³-hybridized carbons (Fsp3) is 0.600. The molecule has 1 unspecified atom stereocenters. The van der Waals surface area contributed by atoms with Crippen molar-refractivity contribution in [2.24, 2.45) is 0 Å². The van der Waals surface area contributed by atoms with Gasteiger partial charge >= 0.3 is 0 Å². The minimum atomic E-state index is -0.576. The summed E-state index contributed by atoms with van der Waals surface area (Å²) >= 11 is 0. The van der Waals surface area contributed by atoms with Gasteiger partial charge in [-0.1, -0.05) is 18.2 Å². The predicted octanol–water partition coefficient (Wildman–Crippen LogP) is 2.78. The van der Waals surface area contributed by atoms with Gasteiger partial charge < -0.3 is 9.84 Å². The van der Waals surface area contributed by atoms with Crippen LogP contribution in [0.1, 0.15) is 36.0 Å². The molecule has 0 amide bonds. The van der Waals surface area contributed by atoms with E-state index < -0.39 is 5.60 Å². The summed E-state index contributed by atoms with van der Waals surface area (Å²) < 4.78 is 5.43. The lowest BCUT2D eigenvalue weighted by Gasteiger charge is -2.27. The SMILES string of the molecule is Cc1cccc(C)c1CC1(O)CCCOCC1. The van der Waals surface area contributed by atoms with Crippen molar-refractivity contribution in [2.45, 2.75) is 45.1 Å². The van der Waals surface area contributed by atoms with E-state index in [1.165, 1.54) is 16.7 Å². The van der Waals surface area contributed by atoms with Crippen LogP contribution in [0.15, 0.2) is 18.2 Å². The van der Waals surface area contributed by atoms with Gasteiger partial charge in [0.15, 0.2) is 0 Å². The predicted molar refractivity (Wildman–Crippen MR) is 69.2 cm³/mol. The first-order chi connectivity index (χ1) is 8.11. The third-order valence-corrected chi connectivity index (χ3v) is 3.79. The van der Waals surface area contributed by atoms with Crippen LogP contribution < -0.4 is 0 Å². The Bertz CT molecular complexity index is 356. The molecule has 1 heterocycles. The quantitative estimate of drug-likeness (QED) is 0.852. The van der Waals surface area contributed by atoms with E-state index in [4.69, 9.17) is 4.74 Å². The molecule has 0 bridgehead atoms. The third-order valence-electron chi connectivity index (χ3n) is 3.79. The molecule has 1 N–H and O–H groups in total. The maximum absolute atomic E-state index is 10.7. The normalized spacial score (nSPS) is 25.6. The van der Waals surface area contributed by atoms with E-state index in [0.717, 1.165) is 32.3 Å². The Morgan fingerprint density at radius 1 is 1.18 bits per heavy atom. The molecule has 0 spiro atoms. The largest absolute Gasteiger partial charge is 0.389 e. The lowest BCUT2D eigenvalue weighted by Crippen LogP contribution is -2.32. The molecule has 0 aliphatic carbocycles. The molecule has 94 valence electrons. The van der Waals surface area contributed by atoms with Crippen LogP contribution in [-0.2, 0) is 11.2 Å². The van der Waals surface area contributed by atoms with Crippen LogP contribution in [0.4, 0.5) is 0 Å². The van der Waals surface area contributed by atoms with Gasteiger partial charge in [0.2, 0.25) is 0 Å². The van der Waals surface area contributed by atoms with Gasteiger partial charge in [0.05, 0.1) is 5.60 Å². The molecule has 1 aromatic rings. The molecule has 1 aromatic carbocycles. The maximum atomic E-state index is 10.7. The molecule has 0 radical (unpaired) electrons. The second kappa shape index (κ2) is 5.19. The molecular formula is C15H22O2. The lowest BCUT2D eigenvalue weighted by atomic mass is 9.85. The molecule has 1 aliphatic heterocycles. The first-order valence-corrected chi connectivity index (χ1v) is 6.46. The Labute approximate surface area is 104 Å². The molecule has 1 saturated heterocycles. The standard InChI is InChI=1S/C15H22O2/c1-12-5-3-6-13(2)14(12)11-15(16)7-4-9-17-10-8-15/h3,5-6,16H,4,7-11H2,1-2H3. The Morgan fingerprint density at radius 2 is 1.88 bits per heavy atom. The van der Waals surface area contributed by atoms with Crippen molar-refractivity contribution in [1.29, 1.82) is 0 Å². The number of rotatable bonds is 2. The summed E-state index contributed by atoms with van der Waals surface area (Å²) in [6.07, 6.45) is 3.32. The summed E-state index contributed by atoms with van der Waals surface area (Å²) in [5.41, 5.74) is 3.29. The molecule has 2 heteroatoms. The topological polar surface area (TPSA) is 29.5 Å². The van der Waals surface area contributed by atoms with E-state index >= 15 is 0 Å². The summed E-state index contributed by atoms with van der Waals surface area (Å²) in [6, 6.07) is 6.33. The van der Waals surface area contributed by atoms with Crippen LogP contribution in [0.2, 0.25) is 0 Å². The van der Waals surface area contributed by atoms with Crippen molar-refractivity contribution in [3.8, 4) is 0 Å². The second-order valence-corrected chi connectivity index (χ2v) is 5.24. The number of benzene rings is 1. The van der Waals surface area contributed by atoms with Gasteiger partial charge in [0.25, 0.3) is 0 Å². The van der Waals surface area contributed by atoms with Gasteiger partial charge in [0.1, 0.15) is 0 Å². The van der Waals surface area contributed by atoms with Crippen LogP contribution in [0.5, 0.6) is 0 Å². The fourth-order valence-corrected chi connectivity index (χ4v) is 2.63. The summed E-state index contributed by atoms with van der Waals surface area (Å²) in [4.78, 5) is 0. The summed E-state index contributed by atoms with van der Waals surface area (Å²) in [5, 5.41) is 10.7. The maximum Gasteiger partial charge on any atom is 0.0710 e. The highest BCUT2D eigenvalue weighted by Gasteiger charge is 2.29. The average molecular weight is 234 g/mol. The minimum absolute atomic E-state index is 0.576. The van der Waals surface area contributed by atoms with Crippen LogP contribution in [-0.4, -0.2) is 23.9 Å². The first kappa shape index (κ1) is 12.6. The highest BCUT2D eigenvalue weighted by molar-refractivity contribution is 5.34. The Kier molecular flexibility index (Phi) is 3.85. The average Bonchev–Trinajstić information content (AvgIpc) is 2.49. The molecular weight excluding hydrogens is 212 g/mol. The zero-order valence-corrected chi connectivity index (χ0v) is 10.8. The monoisotopic (exact) mass is 234 g/mol. The van der Waals surface area contributed by atoms with Crippen molar-refractivity contribution < 1.29 is 9.84 Å². The van der Waals surface area contributed by atoms with Crippen LogP contribution in [0, 0.1) is 13.8 Å². The summed E-state index contributed by atoms with van der Waals surface area (Å²) in [6.45, 7) is 5.72. The number of ether oxygens (including phenoxy) is 1. The van der Waals surface area contributed by atoms with E-state index in [0.29, 0.717) is 6.61 Å². The molecule has 2 nitrogen and oxygen atoms in total. The van der Waals surface area contributed by atoms with E-state index in [1.54, 1.807) is 0 Å². The lowest BCUT2D eigenvalue weighted by molar-refractivity contribution is 0.0186. The fourth-order valence-electron chi connectivity index (χ4n) is 2.63. The number of aliphatic hydroxyl groups is 1. The van der Waals surface area contributed by atoms with Gasteiger partial charge in [-0.3, -0.25) is 0 Å². The molecule has 0 aromatic heterocycles. The molecule has 1 atom stereocenters. The Hall–Kier alpha value is -0.860. The summed E-state index contributed by atoms with van der Waals surface area (Å²) in [7, 11) is 0. The zero-order valence-electron chi connectivity index (χ0n) is 10.8. The number of hydrogen-bond donors (Lipinski definition) is 1. The Balaban J connectivity index is 2.18. The van der Waals surface area contributed by atoms with Crippen LogP contribution in [0.25, 0.3) is 0 Å². The highest BCUT2D eigenvalue weighted by Crippen LogP contribution is 2.28. The Morgan fingerprint density at radius 3 is 2.59 bits per heavy atom. The van der Waals surface area contributed by atoms with Crippen molar-refractivity contribution in [2.75, 3.05) is 13.2 Å². The highest BCUT2D eigenvalue weighted by atomic mass is 16.5. The van der Waals surface area contributed by atoms with Gasteiger partial charge in [-0.25, -0.2) is 0 Å². The van der Waals surface area contributed by atoms with Crippen LogP contribution >= 0.6 is 0 Å². The van der Waals surface area contributed by atoms with Gasteiger partial charge in [-0.15, -0.1) is 0 Å². The molecule has 1 aliphatic rings. The number of hydrogen-bond acceptors (Lipinski definition) is 2. The van der Waals surface area contributed by atoms with Gasteiger partial charge in [-0.05, 0) is 49.8 Å². The smallest absolute Gasteiger partial charge is 0.0710 e. The molecule has 17 heavy (non-hydrogen) atoms. The van der Waals surface area contributed by atoms with Gasteiger partial charge in [0, 0.05) is 19.6 Å².